The molecule has 0 saturated carbocycles. The molecule has 1 heterocycles. The lowest BCUT2D eigenvalue weighted by atomic mass is 10.1. The number of nitrogens with one attached hydrogen (secondary N) is 1. The number of ether oxygens (including phenoxy) is 2. The second-order valence-electron chi connectivity index (χ2n) is 6.60. The molecule has 0 aliphatic carbocycles. The number of piperidine rings is 1. The Balaban J connectivity index is 1.60. The predicted octanol–water partition coefficient (Wildman–Crippen LogP) is 4.68. The third kappa shape index (κ3) is 8.25. The summed E-state index contributed by atoms with van der Waals surface area (Å²) in [6.07, 6.45) is 8.19. The van der Waals surface area contributed by atoms with Crippen LogP contribution in [0.25, 0.3) is 0 Å². The van der Waals surface area contributed by atoms with Crippen LogP contribution < -0.4 is 10.1 Å². The Bertz CT molecular complexity index is 484. The van der Waals surface area contributed by atoms with Gasteiger partial charge in [-0.2, -0.15) is 0 Å². The van der Waals surface area contributed by atoms with Gasteiger partial charge < -0.3 is 9.47 Å². The number of benzene rings is 1. The molecule has 1 aromatic rings. The van der Waals surface area contributed by atoms with E-state index in [1.165, 1.54) is 38.5 Å². The standard InChI is InChI=1S/C20H32N2O3/c1-2-3-4-8-16-24-19-11-9-18(10-12-19)21-20(23)25-17-15-22-13-6-5-7-14-22/h9-12H,2-8,13-17H2,1H3,(H,21,23). The molecule has 1 aliphatic rings. The highest BCUT2D eigenvalue weighted by atomic mass is 16.5. The molecule has 0 atom stereocenters. The minimum Gasteiger partial charge on any atom is -0.494 e. The molecule has 5 heteroatoms. The molecule has 1 aliphatic heterocycles. The van der Waals surface area contributed by atoms with E-state index in [0.29, 0.717) is 6.61 Å². The fourth-order valence-electron chi connectivity index (χ4n) is 2.96. The number of anilines is 1. The van der Waals surface area contributed by atoms with Crippen molar-refractivity contribution in [1.29, 1.82) is 0 Å². The molecule has 0 aromatic heterocycles. The number of carbonyl (C=O) groups is 1. The van der Waals surface area contributed by atoms with Gasteiger partial charge in [-0.25, -0.2) is 4.79 Å². The molecule has 1 N–H and O–H groups in total. The van der Waals surface area contributed by atoms with Gasteiger partial charge in [0.2, 0.25) is 0 Å². The summed E-state index contributed by atoms with van der Waals surface area (Å²) in [5.41, 5.74) is 0.723. The molecule has 0 radical (unpaired) electrons. The molecule has 140 valence electrons. The number of unbranched alkanes of at least 4 members (excludes halogenated alkanes) is 3. The van der Waals surface area contributed by atoms with E-state index in [1.807, 2.05) is 24.3 Å². The number of carbonyl (C=O) groups excluding carboxylic acids is 1. The van der Waals surface area contributed by atoms with E-state index in [-0.39, 0.29) is 0 Å². The maximum Gasteiger partial charge on any atom is 0.411 e. The Kier molecular flexibility index (Phi) is 9.19. The SMILES string of the molecule is CCCCCCOc1ccc(NC(=O)OCCN2CCCCC2)cc1. The largest absolute Gasteiger partial charge is 0.494 e. The van der Waals surface area contributed by atoms with Crippen molar-refractivity contribution in [1.82, 2.24) is 4.90 Å². The zero-order chi connectivity index (χ0) is 17.7. The average Bonchev–Trinajstić information content (AvgIpc) is 2.64. The van der Waals surface area contributed by atoms with Crippen LogP contribution in [0.2, 0.25) is 0 Å². The number of nitrogens with zero attached hydrogens (tertiary/aromatic N) is 1. The molecule has 0 unspecified atom stereocenters. The third-order valence-corrected chi connectivity index (χ3v) is 4.46. The van der Waals surface area contributed by atoms with E-state index in [1.54, 1.807) is 0 Å². The van der Waals surface area contributed by atoms with Gasteiger partial charge in [0.15, 0.2) is 0 Å². The molecule has 1 amide bonds. The summed E-state index contributed by atoms with van der Waals surface area (Å²) in [7, 11) is 0. The van der Waals surface area contributed by atoms with Crippen LogP contribution in [-0.2, 0) is 4.74 Å². The van der Waals surface area contributed by atoms with E-state index < -0.39 is 6.09 Å². The lowest BCUT2D eigenvalue weighted by Gasteiger charge is -2.25. The molecule has 0 spiro atoms. The monoisotopic (exact) mass is 348 g/mol. The highest BCUT2D eigenvalue weighted by Gasteiger charge is 2.10. The molecule has 1 saturated heterocycles. The zero-order valence-electron chi connectivity index (χ0n) is 15.5. The van der Waals surface area contributed by atoms with Crippen molar-refractivity contribution in [3.63, 3.8) is 0 Å². The number of hydrogen-bond acceptors (Lipinski definition) is 4. The molecule has 1 aromatic carbocycles. The van der Waals surface area contributed by atoms with Crippen LogP contribution in [0.4, 0.5) is 10.5 Å². The first-order chi connectivity index (χ1) is 12.3. The summed E-state index contributed by atoms with van der Waals surface area (Å²) in [6.45, 7) is 6.43. The quantitative estimate of drug-likeness (QED) is 0.624. The first kappa shape index (κ1) is 19.6. The maximum absolute atomic E-state index is 11.8. The predicted molar refractivity (Wildman–Crippen MR) is 101 cm³/mol. The molecule has 1 fully saturated rings. The van der Waals surface area contributed by atoms with Gasteiger partial charge in [-0.3, -0.25) is 10.2 Å². The Hall–Kier alpha value is -1.75. The van der Waals surface area contributed by atoms with Gasteiger partial charge in [-0.1, -0.05) is 32.6 Å². The fraction of sp³-hybridized carbons (Fsp3) is 0.650. The van der Waals surface area contributed by atoms with E-state index in [2.05, 4.69) is 17.1 Å². The third-order valence-electron chi connectivity index (χ3n) is 4.46. The van der Waals surface area contributed by atoms with Crippen molar-refractivity contribution >= 4 is 11.8 Å². The Morgan fingerprint density at radius 1 is 1.04 bits per heavy atom. The highest BCUT2D eigenvalue weighted by Crippen LogP contribution is 2.16. The lowest BCUT2D eigenvalue weighted by molar-refractivity contribution is 0.131. The first-order valence-corrected chi connectivity index (χ1v) is 9.67. The maximum atomic E-state index is 11.8. The molecule has 0 bridgehead atoms. The molecular formula is C20H32N2O3. The molecular weight excluding hydrogens is 316 g/mol. The van der Waals surface area contributed by atoms with Crippen LogP contribution >= 0.6 is 0 Å². The second-order valence-corrected chi connectivity index (χ2v) is 6.60. The second kappa shape index (κ2) is 11.7. The van der Waals surface area contributed by atoms with Crippen LogP contribution in [0.3, 0.4) is 0 Å². The Morgan fingerprint density at radius 3 is 2.52 bits per heavy atom. The molecule has 2 rings (SSSR count). The summed E-state index contributed by atoms with van der Waals surface area (Å²) in [5, 5.41) is 2.76. The summed E-state index contributed by atoms with van der Waals surface area (Å²) in [6, 6.07) is 7.44. The number of amides is 1. The van der Waals surface area contributed by atoms with E-state index in [0.717, 1.165) is 44.1 Å². The lowest BCUT2D eigenvalue weighted by Crippen LogP contribution is -2.33. The van der Waals surface area contributed by atoms with Gasteiger partial charge in [0.25, 0.3) is 0 Å². The van der Waals surface area contributed by atoms with E-state index in [4.69, 9.17) is 9.47 Å². The Labute approximate surface area is 151 Å². The van der Waals surface area contributed by atoms with Crippen molar-refractivity contribution < 1.29 is 14.3 Å². The van der Waals surface area contributed by atoms with Gasteiger partial charge in [0.1, 0.15) is 12.4 Å². The van der Waals surface area contributed by atoms with Crippen molar-refractivity contribution in [2.24, 2.45) is 0 Å². The fourth-order valence-corrected chi connectivity index (χ4v) is 2.96. The Morgan fingerprint density at radius 2 is 1.80 bits per heavy atom. The summed E-state index contributed by atoms with van der Waals surface area (Å²) in [5.74, 6) is 0.834. The van der Waals surface area contributed by atoms with Crippen molar-refractivity contribution in [2.75, 3.05) is 38.2 Å². The minimum atomic E-state index is -0.398. The molecule has 5 nitrogen and oxygen atoms in total. The van der Waals surface area contributed by atoms with Crippen LogP contribution in [0.5, 0.6) is 5.75 Å². The summed E-state index contributed by atoms with van der Waals surface area (Å²) in [4.78, 5) is 14.2. The van der Waals surface area contributed by atoms with Crippen LogP contribution in [0.15, 0.2) is 24.3 Å². The number of hydrogen-bond donors (Lipinski definition) is 1. The number of likely N-dealkylation sites (tertiary alicyclic amines) is 1. The minimum absolute atomic E-state index is 0.398. The summed E-state index contributed by atoms with van der Waals surface area (Å²) >= 11 is 0. The highest BCUT2D eigenvalue weighted by molar-refractivity contribution is 5.84. The molecule has 25 heavy (non-hydrogen) atoms. The van der Waals surface area contributed by atoms with Gasteiger partial charge in [-0.15, -0.1) is 0 Å². The van der Waals surface area contributed by atoms with Crippen molar-refractivity contribution in [2.45, 2.75) is 51.9 Å². The average molecular weight is 348 g/mol. The van der Waals surface area contributed by atoms with Crippen molar-refractivity contribution in [3.05, 3.63) is 24.3 Å². The van der Waals surface area contributed by atoms with Crippen LogP contribution in [-0.4, -0.2) is 43.8 Å². The van der Waals surface area contributed by atoms with Gasteiger partial charge in [0, 0.05) is 12.2 Å². The first-order valence-electron chi connectivity index (χ1n) is 9.67. The van der Waals surface area contributed by atoms with Crippen LogP contribution in [0.1, 0.15) is 51.9 Å². The van der Waals surface area contributed by atoms with Gasteiger partial charge in [-0.05, 0) is 56.6 Å². The van der Waals surface area contributed by atoms with E-state index in [9.17, 15) is 4.79 Å². The van der Waals surface area contributed by atoms with Gasteiger partial charge in [0.05, 0.1) is 6.61 Å². The number of rotatable bonds is 10. The topological polar surface area (TPSA) is 50.8 Å². The van der Waals surface area contributed by atoms with Gasteiger partial charge >= 0.3 is 6.09 Å². The summed E-state index contributed by atoms with van der Waals surface area (Å²) < 4.78 is 11.0. The normalized spacial score (nSPS) is 14.9. The smallest absolute Gasteiger partial charge is 0.411 e. The van der Waals surface area contributed by atoms with Crippen LogP contribution in [0, 0.1) is 0 Å². The van der Waals surface area contributed by atoms with E-state index >= 15 is 0 Å². The zero-order valence-corrected chi connectivity index (χ0v) is 15.5. The van der Waals surface area contributed by atoms with Crippen molar-refractivity contribution in [3.8, 4) is 5.75 Å².